The van der Waals surface area contributed by atoms with E-state index < -0.39 is 15.6 Å². The molecule has 212 valence electrons. The molecule has 1 saturated heterocycles. The minimum Gasteiger partial charge on any atom is -0.493 e. The second-order valence-electron chi connectivity index (χ2n) is 8.66. The van der Waals surface area contributed by atoms with Crippen LogP contribution in [0.5, 0.6) is 0 Å². The zero-order valence-electron chi connectivity index (χ0n) is 22.2. The Morgan fingerprint density at radius 3 is 2.36 bits per heavy atom. The number of rotatable bonds is 8. The molecule has 2 aromatic carbocycles. The fourth-order valence-electron chi connectivity index (χ4n) is 4.38. The summed E-state index contributed by atoms with van der Waals surface area (Å²) in [5.41, 5.74) is -0.714. The van der Waals surface area contributed by atoms with E-state index in [0.29, 0.717) is 27.3 Å². The number of halogens is 2. The van der Waals surface area contributed by atoms with Gasteiger partial charge in [-0.2, -0.15) is 5.06 Å². The van der Waals surface area contributed by atoms with Crippen LogP contribution in [-0.2, 0) is 29.9 Å². The molecule has 0 unspecified atom stereocenters. The molecule has 0 aliphatic carbocycles. The number of anilines is 1. The molecule has 0 aromatic heterocycles. The lowest BCUT2D eigenvalue weighted by atomic mass is 9.88. The predicted molar refractivity (Wildman–Crippen MR) is 154 cm³/mol. The average Bonchev–Trinajstić information content (AvgIpc) is 3.47. The van der Waals surface area contributed by atoms with E-state index >= 15 is 0 Å². The van der Waals surface area contributed by atoms with Gasteiger partial charge in [-0.3, -0.25) is 9.62 Å². The lowest BCUT2D eigenvalue weighted by molar-refractivity contribution is -0.139. The number of nitrogens with one attached hydrogen (secondary N) is 1. The number of β-amino-alcohol motifs (C(OH)–C–C–N with tert-alkyl or cyclic N) is 1. The van der Waals surface area contributed by atoms with Crippen molar-refractivity contribution < 1.29 is 27.8 Å². The molecule has 2 atom stereocenters. The Kier molecular flexibility index (Phi) is 10.5. The van der Waals surface area contributed by atoms with E-state index in [-0.39, 0.29) is 23.8 Å². The molecule has 0 bridgehead atoms. The second-order valence-corrected chi connectivity index (χ2v) is 11.2. The zero-order chi connectivity index (χ0) is 28.8. The van der Waals surface area contributed by atoms with Gasteiger partial charge >= 0.3 is 0 Å². The molecule has 2 aliphatic heterocycles. The van der Waals surface area contributed by atoms with E-state index in [2.05, 4.69) is 18.8 Å². The Labute approximate surface area is 239 Å². The number of sulfonamides is 1. The fraction of sp³-hybridized carbons (Fsp3) is 0.333. The Hall–Kier alpha value is -2.57. The van der Waals surface area contributed by atoms with Crippen LogP contribution in [0.15, 0.2) is 78.1 Å². The van der Waals surface area contributed by atoms with E-state index in [1.165, 1.54) is 32.4 Å². The standard InChI is InChI=1S/C22H21Cl2NO5S.C5H12N2O/c1-4-7-20(29-2)21(30-3)13-31(27,28)25-14-22(26,16-8-5-6-9-18(16)24)17-12-15(23)10-11-19(17)25;1-5-6-3-4-7(5)8-2/h4-13,26H,1,14H2,2-3H3;5-6H,3-4H2,1-2H3/b20-7+,21-13+;/t22-;5-/m11/s1. The molecule has 2 aromatic rings. The van der Waals surface area contributed by atoms with Gasteiger partial charge < -0.3 is 19.4 Å². The second kappa shape index (κ2) is 13.2. The number of ether oxygens (including phenoxy) is 2. The maximum atomic E-state index is 13.4. The van der Waals surface area contributed by atoms with Crippen molar-refractivity contribution in [3.63, 3.8) is 0 Å². The van der Waals surface area contributed by atoms with E-state index in [1.807, 2.05) is 5.06 Å². The Balaban J connectivity index is 0.000000449. The highest BCUT2D eigenvalue weighted by molar-refractivity contribution is 7.95. The van der Waals surface area contributed by atoms with Gasteiger partial charge in [0.25, 0.3) is 10.0 Å². The van der Waals surface area contributed by atoms with Gasteiger partial charge in [0.1, 0.15) is 5.60 Å². The summed E-state index contributed by atoms with van der Waals surface area (Å²) in [5.74, 6) is 0.157. The molecule has 0 amide bonds. The Morgan fingerprint density at radius 1 is 1.13 bits per heavy atom. The molecular weight excluding hydrogens is 565 g/mol. The molecule has 12 heteroatoms. The minimum atomic E-state index is -4.12. The molecule has 0 spiro atoms. The highest BCUT2D eigenvalue weighted by atomic mass is 35.5. The fourth-order valence-corrected chi connectivity index (χ4v) is 6.26. The number of hydrogen-bond donors (Lipinski definition) is 2. The summed E-state index contributed by atoms with van der Waals surface area (Å²) in [7, 11) is 0.296. The largest absolute Gasteiger partial charge is 0.493 e. The summed E-state index contributed by atoms with van der Waals surface area (Å²) < 4.78 is 38.2. The number of hydroxylamine groups is 2. The van der Waals surface area contributed by atoms with Crippen molar-refractivity contribution in [1.29, 1.82) is 0 Å². The van der Waals surface area contributed by atoms with Crippen molar-refractivity contribution in [2.45, 2.75) is 18.7 Å². The molecule has 2 aliphatic rings. The molecule has 4 rings (SSSR count). The van der Waals surface area contributed by atoms with E-state index in [0.717, 1.165) is 22.8 Å². The summed E-state index contributed by atoms with van der Waals surface area (Å²) in [6, 6.07) is 11.4. The van der Waals surface area contributed by atoms with Crippen molar-refractivity contribution >= 4 is 38.9 Å². The summed E-state index contributed by atoms with van der Waals surface area (Å²) in [5, 5.41) is 18.4. The van der Waals surface area contributed by atoms with Gasteiger partial charge in [-0.05, 0) is 37.3 Å². The first-order valence-corrected chi connectivity index (χ1v) is 14.2. The highest BCUT2D eigenvalue weighted by Gasteiger charge is 2.47. The van der Waals surface area contributed by atoms with Crippen molar-refractivity contribution in [1.82, 2.24) is 10.4 Å². The van der Waals surface area contributed by atoms with Gasteiger partial charge in [-0.25, -0.2) is 8.42 Å². The number of fused-ring (bicyclic) bond motifs is 1. The lowest BCUT2D eigenvalue weighted by Crippen LogP contribution is -2.37. The van der Waals surface area contributed by atoms with Crippen LogP contribution in [0.1, 0.15) is 18.1 Å². The average molecular weight is 599 g/mol. The lowest BCUT2D eigenvalue weighted by Gasteiger charge is -2.26. The normalized spacial score (nSPS) is 21.7. The molecule has 0 radical (unpaired) electrons. The zero-order valence-corrected chi connectivity index (χ0v) is 24.6. The SMILES string of the molecule is C=C/C=C(OC)\C(=C/S(=O)(=O)N1C[C@@](O)(c2ccccc2Cl)c2cc(Cl)ccc21)OC.CON1CCN[C@H]1C. The van der Waals surface area contributed by atoms with Crippen LogP contribution in [0.3, 0.4) is 0 Å². The smallest absolute Gasteiger partial charge is 0.261 e. The van der Waals surface area contributed by atoms with Crippen LogP contribution >= 0.6 is 23.2 Å². The van der Waals surface area contributed by atoms with Crippen LogP contribution in [0, 0.1) is 0 Å². The molecule has 1 fully saturated rings. The van der Waals surface area contributed by atoms with Crippen molar-refractivity contribution in [3.8, 4) is 0 Å². The summed E-state index contributed by atoms with van der Waals surface area (Å²) in [6.45, 7) is 7.40. The Morgan fingerprint density at radius 2 is 1.82 bits per heavy atom. The van der Waals surface area contributed by atoms with Gasteiger partial charge in [0.2, 0.25) is 0 Å². The number of allylic oxidation sites excluding steroid dienone is 2. The van der Waals surface area contributed by atoms with Crippen LogP contribution in [0.25, 0.3) is 0 Å². The monoisotopic (exact) mass is 597 g/mol. The topological polar surface area (TPSA) is 101 Å². The van der Waals surface area contributed by atoms with Crippen LogP contribution < -0.4 is 9.62 Å². The van der Waals surface area contributed by atoms with Crippen molar-refractivity contribution in [2.24, 2.45) is 0 Å². The third kappa shape index (κ3) is 6.78. The number of benzene rings is 2. The van der Waals surface area contributed by atoms with Gasteiger partial charge in [-0.15, -0.1) is 0 Å². The third-order valence-corrected chi connectivity index (χ3v) is 8.33. The van der Waals surface area contributed by atoms with Gasteiger partial charge in [-0.1, -0.05) is 54.1 Å². The number of nitrogens with zero attached hydrogens (tertiary/aromatic N) is 2. The number of methoxy groups -OCH3 is 2. The molecule has 0 saturated carbocycles. The number of hydrogen-bond acceptors (Lipinski definition) is 8. The van der Waals surface area contributed by atoms with E-state index in [9.17, 15) is 13.5 Å². The predicted octanol–water partition coefficient (Wildman–Crippen LogP) is 4.38. The first-order valence-electron chi connectivity index (χ1n) is 12.0. The van der Waals surface area contributed by atoms with Crippen molar-refractivity contribution in [3.05, 3.63) is 99.3 Å². The van der Waals surface area contributed by atoms with Crippen molar-refractivity contribution in [2.75, 3.05) is 45.3 Å². The first-order chi connectivity index (χ1) is 18.5. The maximum absolute atomic E-state index is 13.4. The van der Waals surface area contributed by atoms with Crippen LogP contribution in [-0.4, -0.2) is 65.7 Å². The van der Waals surface area contributed by atoms with Crippen LogP contribution in [0.2, 0.25) is 10.0 Å². The van der Waals surface area contributed by atoms with Crippen LogP contribution in [0.4, 0.5) is 5.69 Å². The summed E-state index contributed by atoms with van der Waals surface area (Å²) in [6.07, 6.45) is 3.31. The van der Waals surface area contributed by atoms with Gasteiger partial charge in [0, 0.05) is 34.3 Å². The van der Waals surface area contributed by atoms with E-state index in [1.54, 1.807) is 43.5 Å². The maximum Gasteiger partial charge on any atom is 0.261 e. The quantitative estimate of drug-likeness (QED) is 0.341. The first kappa shape index (κ1) is 31.0. The van der Waals surface area contributed by atoms with E-state index in [4.69, 9.17) is 37.5 Å². The molecule has 2 heterocycles. The highest BCUT2D eigenvalue weighted by Crippen LogP contribution is 2.47. The molecule has 39 heavy (non-hydrogen) atoms. The summed E-state index contributed by atoms with van der Waals surface area (Å²) in [4.78, 5) is 4.99. The third-order valence-electron chi connectivity index (χ3n) is 6.32. The summed E-state index contributed by atoms with van der Waals surface area (Å²) >= 11 is 12.5. The molecule has 2 N–H and O–H groups in total. The molecule has 9 nitrogen and oxygen atoms in total. The van der Waals surface area contributed by atoms with Gasteiger partial charge in [0.05, 0.1) is 45.1 Å². The minimum absolute atomic E-state index is 0.0221. The Bertz CT molecular complexity index is 1350. The number of aliphatic hydroxyl groups is 1. The molecular formula is C27H33Cl2N3O6S. The van der Waals surface area contributed by atoms with Gasteiger partial charge in [0.15, 0.2) is 11.5 Å².